The number of β-amino-alcohol motifs (C(OH)–C–C–N with tert-alkyl or cyclic N) is 1. The molecule has 0 aromatic carbocycles. The van der Waals surface area contributed by atoms with Crippen molar-refractivity contribution < 1.29 is 9.90 Å². The van der Waals surface area contributed by atoms with Crippen LogP contribution in [0.15, 0.2) is 6.20 Å². The summed E-state index contributed by atoms with van der Waals surface area (Å²) in [7, 11) is 0. The Hall–Kier alpha value is -1.43. The Morgan fingerprint density at radius 3 is 2.84 bits per heavy atom. The Balaban J connectivity index is 1.74. The molecule has 2 fully saturated rings. The Bertz CT molecular complexity index is 463. The molecule has 6 nitrogen and oxygen atoms in total. The Morgan fingerprint density at radius 2 is 2.32 bits per heavy atom. The molecule has 0 bridgehead atoms. The first-order valence-electron chi connectivity index (χ1n) is 6.98. The van der Waals surface area contributed by atoms with Gasteiger partial charge in [0.1, 0.15) is 11.3 Å². The van der Waals surface area contributed by atoms with E-state index in [9.17, 15) is 9.90 Å². The minimum atomic E-state index is -1.04. The Morgan fingerprint density at radius 1 is 1.53 bits per heavy atom. The minimum absolute atomic E-state index is 0.158. The van der Waals surface area contributed by atoms with Gasteiger partial charge in [-0.3, -0.25) is 4.79 Å². The molecule has 0 spiro atoms. The van der Waals surface area contributed by atoms with Gasteiger partial charge in [-0.05, 0) is 19.3 Å². The van der Waals surface area contributed by atoms with Crippen LogP contribution in [0.5, 0.6) is 0 Å². The van der Waals surface area contributed by atoms with Crippen molar-refractivity contribution in [2.45, 2.75) is 44.6 Å². The summed E-state index contributed by atoms with van der Waals surface area (Å²) < 4.78 is 0. The summed E-state index contributed by atoms with van der Waals surface area (Å²) in [6.07, 6.45) is 6.08. The fraction of sp³-hybridized carbons (Fsp3) is 0.769. The highest BCUT2D eigenvalue weighted by atomic mass is 16.3. The lowest BCUT2D eigenvalue weighted by molar-refractivity contribution is -0.147. The van der Waals surface area contributed by atoms with E-state index in [1.807, 2.05) is 0 Å². The van der Waals surface area contributed by atoms with Crippen LogP contribution in [0.3, 0.4) is 0 Å². The number of likely N-dealkylation sites (tertiary alicyclic amines) is 1. The topological polar surface area (TPSA) is 82.1 Å². The number of H-pyrrole nitrogens is 1. The monoisotopic (exact) mass is 264 g/mol. The fourth-order valence-corrected chi connectivity index (χ4v) is 3.26. The van der Waals surface area contributed by atoms with E-state index < -0.39 is 5.60 Å². The molecule has 1 amide bonds. The van der Waals surface area contributed by atoms with Crippen LogP contribution in [0.1, 0.15) is 44.7 Å². The van der Waals surface area contributed by atoms with E-state index in [-0.39, 0.29) is 11.3 Å². The lowest BCUT2D eigenvalue weighted by Crippen LogP contribution is -2.47. The molecule has 2 aliphatic rings. The van der Waals surface area contributed by atoms with Crippen LogP contribution >= 0.6 is 0 Å². The molecule has 1 saturated carbocycles. The van der Waals surface area contributed by atoms with E-state index in [4.69, 9.17) is 0 Å². The van der Waals surface area contributed by atoms with E-state index in [1.54, 1.807) is 4.90 Å². The molecule has 1 unspecified atom stereocenters. The maximum absolute atomic E-state index is 12.6. The quantitative estimate of drug-likeness (QED) is 0.846. The highest BCUT2D eigenvalue weighted by Crippen LogP contribution is 2.46. The summed E-state index contributed by atoms with van der Waals surface area (Å²) in [6.45, 7) is 3.01. The van der Waals surface area contributed by atoms with E-state index >= 15 is 0 Å². The maximum Gasteiger partial charge on any atom is 0.228 e. The smallest absolute Gasteiger partial charge is 0.228 e. The summed E-state index contributed by atoms with van der Waals surface area (Å²) in [6, 6.07) is 0. The summed E-state index contributed by atoms with van der Waals surface area (Å²) in [5.74, 6) is 0.209. The Kier molecular flexibility index (Phi) is 2.85. The summed E-state index contributed by atoms with van der Waals surface area (Å²) in [5.41, 5.74) is -0.668. The number of hydrogen-bond donors (Lipinski definition) is 2. The maximum atomic E-state index is 12.6. The van der Waals surface area contributed by atoms with Crippen LogP contribution in [-0.4, -0.2) is 44.4 Å². The second kappa shape index (κ2) is 4.30. The van der Waals surface area contributed by atoms with E-state index in [0.29, 0.717) is 25.2 Å². The van der Waals surface area contributed by atoms with Gasteiger partial charge in [0, 0.05) is 18.4 Å². The number of rotatable bonds is 3. The van der Waals surface area contributed by atoms with Crippen LogP contribution in [-0.2, 0) is 10.4 Å². The van der Waals surface area contributed by atoms with Crippen LogP contribution in [0.25, 0.3) is 0 Å². The van der Waals surface area contributed by atoms with Gasteiger partial charge in [0.05, 0.1) is 12.7 Å². The van der Waals surface area contributed by atoms with Crippen molar-refractivity contribution in [3.05, 3.63) is 11.9 Å². The molecular weight excluding hydrogens is 244 g/mol. The number of carbonyl (C=O) groups excluding carboxylic acids is 1. The van der Waals surface area contributed by atoms with Gasteiger partial charge in [-0.15, -0.1) is 0 Å². The molecular formula is C13H20N4O2. The molecule has 1 saturated heterocycles. The van der Waals surface area contributed by atoms with Crippen molar-refractivity contribution in [1.29, 1.82) is 0 Å². The number of aromatic amines is 1. The van der Waals surface area contributed by atoms with Crippen LogP contribution in [0.2, 0.25) is 0 Å². The second-order valence-electron chi connectivity index (χ2n) is 5.85. The van der Waals surface area contributed by atoms with Crippen molar-refractivity contribution >= 4 is 5.91 Å². The molecule has 2 heterocycles. The number of carbonyl (C=O) groups is 1. The van der Waals surface area contributed by atoms with Crippen molar-refractivity contribution in [3.63, 3.8) is 0 Å². The van der Waals surface area contributed by atoms with Crippen LogP contribution in [0, 0.1) is 5.41 Å². The Labute approximate surface area is 112 Å². The van der Waals surface area contributed by atoms with E-state index in [1.165, 1.54) is 6.20 Å². The summed E-state index contributed by atoms with van der Waals surface area (Å²) in [5, 5.41) is 20.8. The third-order valence-corrected chi connectivity index (χ3v) is 4.87. The molecule has 104 valence electrons. The molecule has 3 rings (SSSR count). The lowest BCUT2D eigenvalue weighted by Gasteiger charge is -2.42. The van der Waals surface area contributed by atoms with Crippen molar-refractivity contribution in [1.82, 2.24) is 20.3 Å². The summed E-state index contributed by atoms with van der Waals surface area (Å²) in [4.78, 5) is 14.4. The van der Waals surface area contributed by atoms with Gasteiger partial charge < -0.3 is 10.0 Å². The molecule has 1 atom stereocenters. The first-order chi connectivity index (χ1) is 9.10. The number of aliphatic hydroxyl groups is 1. The average Bonchev–Trinajstić information content (AvgIpc) is 2.97. The number of amides is 1. The van der Waals surface area contributed by atoms with Crippen molar-refractivity contribution in [2.75, 3.05) is 13.1 Å². The molecule has 1 aromatic heterocycles. The number of aromatic nitrogens is 3. The number of nitrogens with one attached hydrogen (secondary N) is 1. The molecule has 19 heavy (non-hydrogen) atoms. The normalized spacial score (nSPS) is 29.3. The van der Waals surface area contributed by atoms with Gasteiger partial charge in [0.25, 0.3) is 0 Å². The predicted molar refractivity (Wildman–Crippen MR) is 68.1 cm³/mol. The van der Waals surface area contributed by atoms with Gasteiger partial charge >= 0.3 is 0 Å². The molecule has 6 heteroatoms. The number of nitrogens with zero attached hydrogens (tertiary/aromatic N) is 3. The first kappa shape index (κ1) is 12.6. The molecule has 1 aliphatic heterocycles. The third kappa shape index (κ3) is 1.85. The highest BCUT2D eigenvalue weighted by molar-refractivity contribution is 5.84. The van der Waals surface area contributed by atoms with Crippen molar-refractivity contribution in [2.24, 2.45) is 5.41 Å². The standard InChI is InChI=1S/C13H20N4O2/c1-2-12(4-3-5-12)11(18)17-7-6-13(19,9-17)10-8-14-16-15-10/h8,19H,2-7,9H2,1H3,(H,14,15,16). The second-order valence-corrected chi connectivity index (χ2v) is 5.85. The average molecular weight is 264 g/mol. The zero-order chi connectivity index (χ0) is 13.5. The van der Waals surface area contributed by atoms with Crippen LogP contribution in [0.4, 0.5) is 0 Å². The molecule has 2 N–H and O–H groups in total. The first-order valence-corrected chi connectivity index (χ1v) is 6.98. The zero-order valence-corrected chi connectivity index (χ0v) is 11.2. The van der Waals surface area contributed by atoms with E-state index in [0.717, 1.165) is 25.7 Å². The summed E-state index contributed by atoms with van der Waals surface area (Å²) >= 11 is 0. The van der Waals surface area contributed by atoms with Gasteiger partial charge in [0.2, 0.25) is 5.91 Å². The molecule has 1 aliphatic carbocycles. The predicted octanol–water partition coefficient (Wildman–Crippen LogP) is 0.805. The van der Waals surface area contributed by atoms with Crippen molar-refractivity contribution in [3.8, 4) is 0 Å². The number of hydrogen-bond acceptors (Lipinski definition) is 4. The van der Waals surface area contributed by atoms with E-state index in [2.05, 4.69) is 22.3 Å². The lowest BCUT2D eigenvalue weighted by atomic mass is 9.66. The largest absolute Gasteiger partial charge is 0.381 e. The SMILES string of the molecule is CCC1(C(=O)N2CCC(O)(c3cn[nH]n3)C2)CCC1. The fourth-order valence-electron chi connectivity index (χ4n) is 3.26. The highest BCUT2D eigenvalue weighted by Gasteiger charge is 2.49. The molecule has 1 aromatic rings. The molecule has 0 radical (unpaired) electrons. The van der Waals surface area contributed by atoms with Gasteiger partial charge in [0.15, 0.2) is 0 Å². The van der Waals surface area contributed by atoms with Gasteiger partial charge in [-0.1, -0.05) is 13.3 Å². The van der Waals surface area contributed by atoms with Gasteiger partial charge in [-0.25, -0.2) is 0 Å². The van der Waals surface area contributed by atoms with Gasteiger partial charge in [-0.2, -0.15) is 15.4 Å². The minimum Gasteiger partial charge on any atom is -0.381 e. The third-order valence-electron chi connectivity index (χ3n) is 4.87. The van der Waals surface area contributed by atoms with Crippen LogP contribution < -0.4 is 0 Å². The zero-order valence-electron chi connectivity index (χ0n) is 11.2.